The summed E-state index contributed by atoms with van der Waals surface area (Å²) in [4.78, 5) is 0.367. The Morgan fingerprint density at radius 2 is 1.95 bits per heavy atom. The Kier molecular flexibility index (Phi) is 3.01. The molecule has 1 aliphatic rings. The number of aryl methyl sites for hydroxylation is 1. The summed E-state index contributed by atoms with van der Waals surface area (Å²) in [6, 6.07) is 11.1. The molecule has 3 rings (SSSR count). The minimum Gasteiger partial charge on any atom is -0.377 e. The third kappa shape index (κ3) is 2.18. The first-order valence-corrected chi connectivity index (χ1v) is 7.97. The summed E-state index contributed by atoms with van der Waals surface area (Å²) in [6.45, 7) is 1.86. The number of rotatable bonds is 2. The van der Waals surface area contributed by atoms with E-state index in [1.165, 1.54) is 12.1 Å². The number of halogens is 1. The molecule has 0 radical (unpaired) electrons. The largest absolute Gasteiger partial charge is 0.377 e. The number of benzene rings is 2. The molecule has 0 spiro atoms. The molecule has 2 aromatic rings. The lowest BCUT2D eigenvalue weighted by atomic mass is 10.1. The molecular weight excluding hydrogens is 277 g/mol. The van der Waals surface area contributed by atoms with Gasteiger partial charge in [0.2, 0.25) is 0 Å². The summed E-state index contributed by atoms with van der Waals surface area (Å²) in [5, 5.41) is 3.14. The van der Waals surface area contributed by atoms with Crippen molar-refractivity contribution in [1.29, 1.82) is 0 Å². The Balaban J connectivity index is 2.00. The van der Waals surface area contributed by atoms with Crippen molar-refractivity contribution in [2.75, 3.05) is 11.1 Å². The fourth-order valence-corrected chi connectivity index (χ4v) is 4.24. The van der Waals surface area contributed by atoms with Crippen LogP contribution in [-0.4, -0.2) is 14.2 Å². The molecule has 0 bridgehead atoms. The van der Waals surface area contributed by atoms with Crippen LogP contribution in [0.3, 0.4) is 0 Å². The first kappa shape index (κ1) is 13.1. The molecule has 1 heterocycles. The molecule has 20 heavy (non-hydrogen) atoms. The number of anilines is 1. The maximum Gasteiger partial charge on any atom is 0.181 e. The number of hydrogen-bond acceptors (Lipinski definition) is 3. The zero-order chi connectivity index (χ0) is 14.3. The lowest BCUT2D eigenvalue weighted by molar-refractivity contribution is 0.598. The van der Waals surface area contributed by atoms with Crippen LogP contribution in [0.5, 0.6) is 0 Å². The monoisotopic (exact) mass is 291 g/mol. The van der Waals surface area contributed by atoms with Crippen LogP contribution in [-0.2, 0) is 9.84 Å². The van der Waals surface area contributed by atoms with Gasteiger partial charge in [-0.15, -0.1) is 0 Å². The predicted octanol–water partition coefficient (Wildman–Crippen LogP) is 3.07. The van der Waals surface area contributed by atoms with E-state index >= 15 is 0 Å². The van der Waals surface area contributed by atoms with Gasteiger partial charge in [0.25, 0.3) is 0 Å². The highest BCUT2D eigenvalue weighted by atomic mass is 32.2. The normalized spacial score (nSPS) is 19.6. The predicted molar refractivity (Wildman–Crippen MR) is 76.0 cm³/mol. The van der Waals surface area contributed by atoms with E-state index in [9.17, 15) is 12.8 Å². The Labute approximate surface area is 117 Å². The highest BCUT2D eigenvalue weighted by Gasteiger charge is 2.34. The van der Waals surface area contributed by atoms with Crippen molar-refractivity contribution in [2.45, 2.75) is 17.9 Å². The van der Waals surface area contributed by atoms with E-state index in [0.29, 0.717) is 10.6 Å². The maximum atomic E-state index is 13.3. The zero-order valence-corrected chi connectivity index (χ0v) is 11.7. The van der Waals surface area contributed by atoms with Crippen molar-refractivity contribution < 1.29 is 12.8 Å². The van der Waals surface area contributed by atoms with Crippen molar-refractivity contribution in [3.63, 3.8) is 0 Å². The third-order valence-electron chi connectivity index (χ3n) is 3.54. The Morgan fingerprint density at radius 1 is 1.20 bits per heavy atom. The summed E-state index contributed by atoms with van der Waals surface area (Å²) in [5.74, 6) is -0.338. The fraction of sp³-hybridized carbons (Fsp3) is 0.200. The molecule has 0 saturated carbocycles. The molecule has 1 aliphatic heterocycles. The van der Waals surface area contributed by atoms with Gasteiger partial charge in [0.05, 0.1) is 16.7 Å². The van der Waals surface area contributed by atoms with E-state index in [2.05, 4.69) is 5.32 Å². The molecule has 1 N–H and O–H groups in total. The SMILES string of the molecule is Cc1ccc(F)cc1NC1CS(=O)(=O)c2ccccc21. The van der Waals surface area contributed by atoms with Crippen molar-refractivity contribution in [1.82, 2.24) is 0 Å². The van der Waals surface area contributed by atoms with Crippen LogP contribution in [0.4, 0.5) is 10.1 Å². The lowest BCUT2D eigenvalue weighted by Gasteiger charge is -2.16. The van der Waals surface area contributed by atoms with Gasteiger partial charge in [-0.1, -0.05) is 24.3 Å². The van der Waals surface area contributed by atoms with E-state index in [4.69, 9.17) is 0 Å². The van der Waals surface area contributed by atoms with Gasteiger partial charge in [0.15, 0.2) is 9.84 Å². The highest BCUT2D eigenvalue weighted by Crippen LogP contribution is 2.35. The number of fused-ring (bicyclic) bond motifs is 1. The van der Waals surface area contributed by atoms with E-state index in [-0.39, 0.29) is 17.6 Å². The van der Waals surface area contributed by atoms with Gasteiger partial charge in [-0.2, -0.15) is 0 Å². The molecule has 0 amide bonds. The summed E-state index contributed by atoms with van der Waals surface area (Å²) >= 11 is 0. The Hall–Kier alpha value is -1.88. The summed E-state index contributed by atoms with van der Waals surface area (Å²) in [7, 11) is -3.25. The van der Waals surface area contributed by atoms with Crippen LogP contribution in [0.25, 0.3) is 0 Å². The van der Waals surface area contributed by atoms with Crippen molar-refractivity contribution in [3.05, 3.63) is 59.4 Å². The second-order valence-corrected chi connectivity index (χ2v) is 6.98. The van der Waals surface area contributed by atoms with Gasteiger partial charge in [0.1, 0.15) is 5.82 Å². The molecule has 5 heteroatoms. The molecule has 1 unspecified atom stereocenters. The molecule has 0 aromatic heterocycles. The summed E-state index contributed by atoms with van der Waals surface area (Å²) < 4.78 is 37.5. The smallest absolute Gasteiger partial charge is 0.181 e. The average molecular weight is 291 g/mol. The van der Waals surface area contributed by atoms with Crippen LogP contribution in [0.2, 0.25) is 0 Å². The molecule has 0 fully saturated rings. The number of nitrogens with one attached hydrogen (secondary N) is 1. The van der Waals surface area contributed by atoms with Crippen LogP contribution in [0.15, 0.2) is 47.4 Å². The van der Waals surface area contributed by atoms with Crippen LogP contribution >= 0.6 is 0 Å². The van der Waals surface area contributed by atoms with Crippen molar-refractivity contribution in [3.8, 4) is 0 Å². The molecule has 1 atom stereocenters. The Bertz CT molecular complexity index is 771. The quantitative estimate of drug-likeness (QED) is 0.925. The number of sulfone groups is 1. The first-order chi connectivity index (χ1) is 9.47. The molecule has 0 saturated heterocycles. The van der Waals surface area contributed by atoms with Gasteiger partial charge < -0.3 is 5.32 Å². The highest BCUT2D eigenvalue weighted by molar-refractivity contribution is 7.91. The molecule has 104 valence electrons. The summed E-state index contributed by atoms with van der Waals surface area (Å²) in [5.41, 5.74) is 2.26. The zero-order valence-electron chi connectivity index (χ0n) is 10.9. The minimum atomic E-state index is -3.25. The van der Waals surface area contributed by atoms with Gasteiger partial charge in [-0.25, -0.2) is 12.8 Å². The first-order valence-electron chi connectivity index (χ1n) is 6.32. The van der Waals surface area contributed by atoms with E-state index < -0.39 is 9.84 Å². The Morgan fingerprint density at radius 3 is 2.75 bits per heavy atom. The molecular formula is C15H14FNO2S. The summed E-state index contributed by atoms with van der Waals surface area (Å²) in [6.07, 6.45) is 0. The molecule has 2 aromatic carbocycles. The van der Waals surface area contributed by atoms with Gasteiger partial charge in [0, 0.05) is 5.69 Å². The second kappa shape index (κ2) is 4.59. The van der Waals surface area contributed by atoms with E-state index in [0.717, 1.165) is 11.1 Å². The number of hydrogen-bond donors (Lipinski definition) is 1. The van der Waals surface area contributed by atoms with E-state index in [1.807, 2.05) is 13.0 Å². The third-order valence-corrected chi connectivity index (χ3v) is 5.36. The lowest BCUT2D eigenvalue weighted by Crippen LogP contribution is -2.13. The molecule has 0 aliphatic carbocycles. The minimum absolute atomic E-state index is 0.00228. The van der Waals surface area contributed by atoms with Gasteiger partial charge in [-0.05, 0) is 36.2 Å². The van der Waals surface area contributed by atoms with Crippen molar-refractivity contribution >= 4 is 15.5 Å². The average Bonchev–Trinajstić information content (AvgIpc) is 2.66. The van der Waals surface area contributed by atoms with Crippen LogP contribution < -0.4 is 5.32 Å². The maximum absolute atomic E-state index is 13.3. The van der Waals surface area contributed by atoms with Gasteiger partial charge >= 0.3 is 0 Å². The van der Waals surface area contributed by atoms with Crippen LogP contribution in [0, 0.1) is 12.7 Å². The van der Waals surface area contributed by atoms with Crippen LogP contribution in [0.1, 0.15) is 17.2 Å². The van der Waals surface area contributed by atoms with Crippen molar-refractivity contribution in [2.24, 2.45) is 0 Å². The topological polar surface area (TPSA) is 46.2 Å². The molecule has 3 nitrogen and oxygen atoms in total. The van der Waals surface area contributed by atoms with E-state index in [1.54, 1.807) is 24.3 Å². The van der Waals surface area contributed by atoms with Gasteiger partial charge in [-0.3, -0.25) is 0 Å². The fourth-order valence-electron chi connectivity index (χ4n) is 2.51. The second-order valence-electron chi connectivity index (χ2n) is 4.98. The standard InChI is InChI=1S/C15H14FNO2S/c1-10-6-7-11(16)8-13(10)17-14-9-20(18,19)15-5-3-2-4-12(14)15/h2-8,14,17H,9H2,1H3.